The molecule has 1 aliphatic carbocycles. The molecular weight excluding hydrogens is 378 g/mol. The molecule has 0 spiro atoms. The van der Waals surface area contributed by atoms with Crippen molar-refractivity contribution < 1.29 is 9.53 Å². The molecule has 0 aromatic carbocycles. The number of pyridine rings is 1. The molecule has 0 N–H and O–H groups in total. The van der Waals surface area contributed by atoms with Crippen LogP contribution >= 0.6 is 0 Å². The van der Waals surface area contributed by atoms with Gasteiger partial charge < -0.3 is 14.5 Å². The Bertz CT molecular complexity index is 887. The number of nitrogens with zero attached hydrogens (tertiary/aromatic N) is 5. The average Bonchev–Trinajstić information content (AvgIpc) is 2.89. The fraction of sp³-hybridized carbons (Fsp3) is 0.696. The second-order valence-corrected chi connectivity index (χ2v) is 9.04. The minimum absolute atomic E-state index is 0.0298. The molecule has 7 heteroatoms. The van der Waals surface area contributed by atoms with Crippen LogP contribution in [0, 0.1) is 19.8 Å². The van der Waals surface area contributed by atoms with Crippen molar-refractivity contribution in [2.75, 3.05) is 39.3 Å². The summed E-state index contributed by atoms with van der Waals surface area (Å²) in [5.41, 5.74) is 2.82. The maximum atomic E-state index is 12.8. The lowest BCUT2D eigenvalue weighted by Gasteiger charge is -2.28. The molecule has 30 heavy (non-hydrogen) atoms. The molecule has 164 valence electrons. The van der Waals surface area contributed by atoms with Gasteiger partial charge in [0.2, 0.25) is 5.88 Å². The molecule has 1 saturated heterocycles. The van der Waals surface area contributed by atoms with Gasteiger partial charge in [0.25, 0.3) is 5.91 Å². The summed E-state index contributed by atoms with van der Waals surface area (Å²) in [5, 5.41) is 5.35. The van der Waals surface area contributed by atoms with Crippen molar-refractivity contribution in [2.24, 2.45) is 13.0 Å². The van der Waals surface area contributed by atoms with E-state index in [-0.39, 0.29) is 12.5 Å². The molecule has 0 unspecified atom stereocenters. The maximum absolute atomic E-state index is 12.8. The topological polar surface area (TPSA) is 63.5 Å². The fourth-order valence-electron chi connectivity index (χ4n) is 5.01. The number of amides is 1. The third kappa shape index (κ3) is 4.77. The van der Waals surface area contributed by atoms with Crippen LogP contribution in [0.1, 0.15) is 49.8 Å². The highest BCUT2D eigenvalue weighted by Crippen LogP contribution is 2.27. The summed E-state index contributed by atoms with van der Waals surface area (Å²) in [7, 11) is 1.86. The standard InChI is InChI=1S/C23H35N5O2/c1-17-14-18(2)24-22-21(17)23(25-26(22)3)30-16-20(29)28-11-7-10-27(12-13-28)15-19-8-5-4-6-9-19/h14,19H,4-13,15-16H2,1-3H3. The Morgan fingerprint density at radius 2 is 1.90 bits per heavy atom. The minimum atomic E-state index is 0.0298. The molecule has 1 aliphatic heterocycles. The van der Waals surface area contributed by atoms with E-state index in [0.29, 0.717) is 5.88 Å². The van der Waals surface area contributed by atoms with E-state index in [1.807, 2.05) is 31.9 Å². The number of hydrogen-bond acceptors (Lipinski definition) is 5. The van der Waals surface area contributed by atoms with Gasteiger partial charge in [0.15, 0.2) is 12.3 Å². The zero-order valence-electron chi connectivity index (χ0n) is 18.7. The first kappa shape index (κ1) is 21.1. The number of fused-ring (bicyclic) bond motifs is 1. The molecule has 2 aromatic rings. The quantitative estimate of drug-likeness (QED) is 0.754. The van der Waals surface area contributed by atoms with Gasteiger partial charge in [-0.3, -0.25) is 4.79 Å². The third-order valence-electron chi connectivity index (χ3n) is 6.60. The van der Waals surface area contributed by atoms with Gasteiger partial charge in [0.1, 0.15) is 0 Å². The highest BCUT2D eigenvalue weighted by molar-refractivity contribution is 5.85. The molecule has 2 fully saturated rings. The Hall–Kier alpha value is -2.15. The van der Waals surface area contributed by atoms with E-state index >= 15 is 0 Å². The minimum Gasteiger partial charge on any atom is -0.466 e. The average molecular weight is 414 g/mol. The lowest BCUT2D eigenvalue weighted by atomic mass is 9.89. The van der Waals surface area contributed by atoms with Gasteiger partial charge in [-0.2, -0.15) is 0 Å². The van der Waals surface area contributed by atoms with Gasteiger partial charge in [-0.25, -0.2) is 9.67 Å². The van der Waals surface area contributed by atoms with Crippen molar-refractivity contribution in [3.63, 3.8) is 0 Å². The van der Waals surface area contributed by atoms with E-state index in [4.69, 9.17) is 4.74 Å². The van der Waals surface area contributed by atoms with Crippen LogP contribution in [-0.2, 0) is 11.8 Å². The Balaban J connectivity index is 1.33. The number of carbonyl (C=O) groups excluding carboxylic acids is 1. The first-order valence-electron chi connectivity index (χ1n) is 11.4. The predicted octanol–water partition coefficient (Wildman–Crippen LogP) is 3.08. The Morgan fingerprint density at radius 1 is 1.10 bits per heavy atom. The van der Waals surface area contributed by atoms with Crippen molar-refractivity contribution in [3.05, 3.63) is 17.3 Å². The highest BCUT2D eigenvalue weighted by atomic mass is 16.5. The smallest absolute Gasteiger partial charge is 0.260 e. The first-order chi connectivity index (χ1) is 14.5. The number of aromatic nitrogens is 3. The van der Waals surface area contributed by atoms with E-state index in [1.54, 1.807) is 4.68 Å². The van der Waals surface area contributed by atoms with Gasteiger partial charge in [0.05, 0.1) is 5.39 Å². The molecule has 0 radical (unpaired) electrons. The molecule has 0 atom stereocenters. The fourth-order valence-corrected chi connectivity index (χ4v) is 5.01. The van der Waals surface area contributed by atoms with E-state index in [2.05, 4.69) is 15.0 Å². The van der Waals surface area contributed by atoms with Crippen molar-refractivity contribution in [1.29, 1.82) is 0 Å². The van der Waals surface area contributed by atoms with Crippen LogP contribution in [0.25, 0.3) is 11.0 Å². The van der Waals surface area contributed by atoms with Crippen LogP contribution in [0.15, 0.2) is 6.07 Å². The zero-order valence-corrected chi connectivity index (χ0v) is 18.7. The molecule has 7 nitrogen and oxygen atoms in total. The van der Waals surface area contributed by atoms with Crippen LogP contribution in [-0.4, -0.2) is 69.8 Å². The summed E-state index contributed by atoms with van der Waals surface area (Å²) < 4.78 is 7.61. The molecule has 1 amide bonds. The monoisotopic (exact) mass is 413 g/mol. The summed E-state index contributed by atoms with van der Waals surface area (Å²) >= 11 is 0. The summed E-state index contributed by atoms with van der Waals surface area (Å²) in [5.74, 6) is 1.40. The van der Waals surface area contributed by atoms with Crippen LogP contribution in [0.5, 0.6) is 5.88 Å². The number of ether oxygens (including phenoxy) is 1. The molecule has 3 heterocycles. The number of aryl methyl sites for hydroxylation is 3. The van der Waals surface area contributed by atoms with Crippen molar-refractivity contribution in [1.82, 2.24) is 24.6 Å². The van der Waals surface area contributed by atoms with E-state index in [9.17, 15) is 4.79 Å². The Labute approximate surface area is 179 Å². The van der Waals surface area contributed by atoms with E-state index < -0.39 is 0 Å². The second kappa shape index (κ2) is 9.33. The van der Waals surface area contributed by atoms with Gasteiger partial charge >= 0.3 is 0 Å². The SMILES string of the molecule is Cc1cc(C)c2c(OCC(=O)N3CCCN(CC4CCCCC4)CC3)nn(C)c2n1. The van der Waals surface area contributed by atoms with Crippen LogP contribution in [0.2, 0.25) is 0 Å². The molecule has 1 saturated carbocycles. The lowest BCUT2D eigenvalue weighted by Crippen LogP contribution is -2.39. The van der Waals surface area contributed by atoms with Gasteiger partial charge in [-0.15, -0.1) is 5.10 Å². The largest absolute Gasteiger partial charge is 0.466 e. The van der Waals surface area contributed by atoms with Crippen molar-refractivity contribution >= 4 is 16.9 Å². The Kier molecular flexibility index (Phi) is 6.56. The molecular formula is C23H35N5O2. The van der Waals surface area contributed by atoms with Crippen molar-refractivity contribution in [3.8, 4) is 5.88 Å². The molecule has 2 aliphatic rings. The van der Waals surface area contributed by atoms with Crippen LogP contribution in [0.4, 0.5) is 0 Å². The van der Waals surface area contributed by atoms with E-state index in [1.165, 1.54) is 38.6 Å². The molecule has 0 bridgehead atoms. The first-order valence-corrected chi connectivity index (χ1v) is 11.4. The normalized spacial score (nSPS) is 19.2. The Morgan fingerprint density at radius 3 is 2.70 bits per heavy atom. The summed E-state index contributed by atoms with van der Waals surface area (Å²) in [4.78, 5) is 21.9. The predicted molar refractivity (Wildman–Crippen MR) is 118 cm³/mol. The van der Waals surface area contributed by atoms with Gasteiger partial charge in [0, 0.05) is 38.9 Å². The number of hydrogen-bond donors (Lipinski definition) is 0. The summed E-state index contributed by atoms with van der Waals surface area (Å²) in [6, 6.07) is 2.02. The molecule has 4 rings (SSSR count). The number of rotatable bonds is 5. The van der Waals surface area contributed by atoms with Gasteiger partial charge in [-0.05, 0) is 57.2 Å². The number of carbonyl (C=O) groups is 1. The summed E-state index contributed by atoms with van der Waals surface area (Å²) in [6.07, 6.45) is 7.96. The highest BCUT2D eigenvalue weighted by Gasteiger charge is 2.23. The zero-order chi connectivity index (χ0) is 21.1. The summed E-state index contributed by atoms with van der Waals surface area (Å²) in [6.45, 7) is 8.90. The molecule has 2 aromatic heterocycles. The van der Waals surface area contributed by atoms with Crippen molar-refractivity contribution in [2.45, 2.75) is 52.4 Å². The van der Waals surface area contributed by atoms with Crippen LogP contribution < -0.4 is 4.74 Å². The third-order valence-corrected chi connectivity index (χ3v) is 6.60. The van der Waals surface area contributed by atoms with E-state index in [0.717, 1.165) is 60.8 Å². The van der Waals surface area contributed by atoms with Gasteiger partial charge in [-0.1, -0.05) is 19.3 Å². The maximum Gasteiger partial charge on any atom is 0.260 e. The second-order valence-electron chi connectivity index (χ2n) is 9.04. The van der Waals surface area contributed by atoms with Crippen LogP contribution in [0.3, 0.4) is 0 Å². The lowest BCUT2D eigenvalue weighted by molar-refractivity contribution is -0.133.